The van der Waals surface area contributed by atoms with Gasteiger partial charge < -0.3 is 19.7 Å². The lowest BCUT2D eigenvalue weighted by molar-refractivity contribution is 0.196. The molecule has 1 heterocycles. The van der Waals surface area contributed by atoms with E-state index < -0.39 is 7.32 Å². The first-order valence-corrected chi connectivity index (χ1v) is 2.71. The maximum atomic E-state index is 5.15. The van der Waals surface area contributed by atoms with E-state index in [4.69, 9.17) is 19.7 Å². The molecule has 5 heteroatoms. The van der Waals surface area contributed by atoms with E-state index in [0.717, 1.165) is 0 Å². The van der Waals surface area contributed by atoms with Crippen LogP contribution in [0.4, 0.5) is 0 Å². The van der Waals surface area contributed by atoms with Gasteiger partial charge in [0.05, 0.1) is 12.5 Å². The van der Waals surface area contributed by atoms with Gasteiger partial charge in [0, 0.05) is 13.2 Å². The third kappa shape index (κ3) is 1.95. The van der Waals surface area contributed by atoms with Gasteiger partial charge in [-0.1, -0.05) is 0 Å². The fourth-order valence-corrected chi connectivity index (χ4v) is 0.467. The van der Waals surface area contributed by atoms with E-state index in [1.165, 1.54) is 12.5 Å². The van der Waals surface area contributed by atoms with E-state index in [2.05, 4.69) is 0 Å². The second kappa shape index (κ2) is 3.37. The number of hydrogen-bond acceptors (Lipinski definition) is 4. The molecule has 1 aliphatic rings. The summed E-state index contributed by atoms with van der Waals surface area (Å²) in [5, 5.41) is 0. The Kier molecular flexibility index (Phi) is 2.41. The maximum absolute atomic E-state index is 5.15. The quantitative estimate of drug-likeness (QED) is 0.520. The molecule has 0 fully saturated rings. The zero-order chi connectivity index (χ0) is 6.53. The summed E-state index contributed by atoms with van der Waals surface area (Å²) in [5.74, 6) is 0. The van der Waals surface area contributed by atoms with Crippen molar-refractivity contribution in [3.8, 4) is 0 Å². The van der Waals surface area contributed by atoms with Crippen molar-refractivity contribution >= 4 is 7.32 Å². The first kappa shape index (κ1) is 6.45. The van der Waals surface area contributed by atoms with Crippen LogP contribution < -0.4 is 5.73 Å². The Morgan fingerprint density at radius 1 is 1.44 bits per heavy atom. The monoisotopic (exact) mass is 129 g/mol. The third-order valence-corrected chi connectivity index (χ3v) is 0.807. The molecule has 0 aromatic rings. The van der Waals surface area contributed by atoms with Crippen LogP contribution in [0.1, 0.15) is 0 Å². The summed E-state index contributed by atoms with van der Waals surface area (Å²) in [6.07, 6.45) is 2.86. The third-order valence-electron chi connectivity index (χ3n) is 0.807. The Morgan fingerprint density at radius 3 is 2.67 bits per heavy atom. The van der Waals surface area contributed by atoms with Gasteiger partial charge in [0.2, 0.25) is 0 Å². The summed E-state index contributed by atoms with van der Waals surface area (Å²) in [7, 11) is -0.575. The Bertz CT molecular complexity index is 100.0. The van der Waals surface area contributed by atoms with Gasteiger partial charge in [-0.3, -0.25) is 0 Å². The lowest BCUT2D eigenvalue weighted by atomic mass is 10.2. The molecule has 9 heavy (non-hydrogen) atoms. The van der Waals surface area contributed by atoms with E-state index in [-0.39, 0.29) is 0 Å². The van der Waals surface area contributed by atoms with Gasteiger partial charge in [0.25, 0.3) is 0 Å². The van der Waals surface area contributed by atoms with Crippen molar-refractivity contribution in [2.45, 2.75) is 0 Å². The number of hydrogen-bond donors (Lipinski definition) is 1. The molecular weight excluding hydrogens is 121 g/mol. The smallest absolute Gasteiger partial charge is 0.504 e. The Labute approximate surface area is 53.7 Å². The predicted molar refractivity (Wildman–Crippen MR) is 32.1 cm³/mol. The van der Waals surface area contributed by atoms with E-state index in [1.807, 2.05) is 0 Å². The molecule has 50 valence electrons. The van der Waals surface area contributed by atoms with Gasteiger partial charge in [-0.05, 0) is 0 Å². The first-order valence-electron chi connectivity index (χ1n) is 2.71. The highest BCUT2D eigenvalue weighted by Gasteiger charge is 2.26. The summed E-state index contributed by atoms with van der Waals surface area (Å²) in [5.41, 5.74) is 5.15. The van der Waals surface area contributed by atoms with Crippen LogP contribution in [-0.4, -0.2) is 20.5 Å². The summed E-state index contributed by atoms with van der Waals surface area (Å²) < 4.78 is 14.5. The van der Waals surface area contributed by atoms with Gasteiger partial charge >= 0.3 is 7.32 Å². The molecular formula is C4H8BNO3. The van der Waals surface area contributed by atoms with Crippen molar-refractivity contribution in [2.75, 3.05) is 13.2 Å². The molecule has 0 saturated carbocycles. The second-order valence-corrected chi connectivity index (χ2v) is 1.49. The molecule has 0 radical (unpaired) electrons. The average Bonchev–Trinajstić information content (AvgIpc) is 2.34. The van der Waals surface area contributed by atoms with E-state index in [1.54, 1.807) is 0 Å². The van der Waals surface area contributed by atoms with Crippen LogP contribution in [0.3, 0.4) is 0 Å². The van der Waals surface area contributed by atoms with Gasteiger partial charge in [-0.15, -0.1) is 0 Å². The van der Waals surface area contributed by atoms with Crippen LogP contribution in [-0.2, 0) is 14.0 Å². The lowest BCUT2D eigenvalue weighted by Gasteiger charge is -2.02. The van der Waals surface area contributed by atoms with Crippen LogP contribution in [0.2, 0.25) is 0 Å². The summed E-state index contributed by atoms with van der Waals surface area (Å²) in [4.78, 5) is 0. The topological polar surface area (TPSA) is 53.7 Å². The van der Waals surface area contributed by atoms with E-state index >= 15 is 0 Å². The highest BCUT2D eigenvalue weighted by Crippen LogP contribution is 2.00. The fraction of sp³-hybridized carbons (Fsp3) is 0.500. The standard InChI is InChI=1S/C4H8BNO3/c6-1-2-7-5-8-3-4-9-5/h3-4H,1-2,6H2. The normalized spacial score (nSPS) is 15.4. The van der Waals surface area contributed by atoms with Crippen LogP contribution in [0, 0.1) is 0 Å². The minimum absolute atomic E-state index is 0.451. The number of rotatable bonds is 3. The molecule has 0 aromatic carbocycles. The molecule has 0 spiro atoms. The zero-order valence-corrected chi connectivity index (χ0v) is 4.95. The maximum Gasteiger partial charge on any atom is 0.787 e. The largest absolute Gasteiger partial charge is 0.787 e. The zero-order valence-electron chi connectivity index (χ0n) is 4.95. The minimum Gasteiger partial charge on any atom is -0.504 e. The second-order valence-electron chi connectivity index (χ2n) is 1.49. The molecule has 0 saturated heterocycles. The molecule has 0 aromatic heterocycles. The van der Waals surface area contributed by atoms with Crippen LogP contribution in [0.5, 0.6) is 0 Å². The summed E-state index contributed by atoms with van der Waals surface area (Å²) >= 11 is 0. The van der Waals surface area contributed by atoms with Crippen molar-refractivity contribution in [3.05, 3.63) is 12.5 Å². The SMILES string of the molecule is NCCOB1OC=CO1. The Hall–Kier alpha value is -0.675. The molecule has 0 bridgehead atoms. The lowest BCUT2D eigenvalue weighted by Crippen LogP contribution is -2.23. The molecule has 0 atom stereocenters. The first-order chi connectivity index (χ1) is 4.43. The highest BCUT2D eigenvalue weighted by molar-refractivity contribution is 6.37. The van der Waals surface area contributed by atoms with Crippen molar-refractivity contribution in [2.24, 2.45) is 5.73 Å². The highest BCUT2D eigenvalue weighted by atomic mass is 16.7. The van der Waals surface area contributed by atoms with Gasteiger partial charge in [0.15, 0.2) is 0 Å². The summed E-state index contributed by atoms with van der Waals surface area (Å²) in [6.45, 7) is 0.926. The molecule has 0 aliphatic carbocycles. The fourth-order valence-electron chi connectivity index (χ4n) is 0.467. The van der Waals surface area contributed by atoms with Crippen LogP contribution >= 0.6 is 0 Å². The molecule has 1 rings (SSSR count). The molecule has 1 aliphatic heterocycles. The van der Waals surface area contributed by atoms with Gasteiger partial charge in [-0.2, -0.15) is 0 Å². The minimum atomic E-state index is -0.575. The molecule has 2 N–H and O–H groups in total. The summed E-state index contributed by atoms with van der Waals surface area (Å²) in [6, 6.07) is 0. The van der Waals surface area contributed by atoms with Gasteiger partial charge in [-0.25, -0.2) is 0 Å². The van der Waals surface area contributed by atoms with Gasteiger partial charge in [0.1, 0.15) is 0 Å². The predicted octanol–water partition coefficient (Wildman–Crippen LogP) is -0.535. The van der Waals surface area contributed by atoms with E-state index in [9.17, 15) is 0 Å². The van der Waals surface area contributed by atoms with Crippen LogP contribution in [0.15, 0.2) is 12.5 Å². The molecule has 4 nitrogen and oxygen atoms in total. The van der Waals surface area contributed by atoms with Crippen molar-refractivity contribution < 1.29 is 14.0 Å². The average molecular weight is 129 g/mol. The Balaban J connectivity index is 2.01. The molecule has 0 amide bonds. The van der Waals surface area contributed by atoms with Crippen molar-refractivity contribution in [3.63, 3.8) is 0 Å². The van der Waals surface area contributed by atoms with Crippen LogP contribution in [0.25, 0.3) is 0 Å². The molecule has 0 unspecified atom stereocenters. The Morgan fingerprint density at radius 2 is 2.11 bits per heavy atom. The number of nitrogens with two attached hydrogens (primary N) is 1. The van der Waals surface area contributed by atoms with Crippen molar-refractivity contribution in [1.29, 1.82) is 0 Å². The van der Waals surface area contributed by atoms with Crippen molar-refractivity contribution in [1.82, 2.24) is 0 Å². The van der Waals surface area contributed by atoms with E-state index in [0.29, 0.717) is 13.2 Å².